The lowest BCUT2D eigenvalue weighted by atomic mass is 10.00. The van der Waals surface area contributed by atoms with Gasteiger partial charge in [0.1, 0.15) is 0 Å². The Kier molecular flexibility index (Phi) is 6.49. The Morgan fingerprint density at radius 3 is 2.27 bits per heavy atom. The van der Waals surface area contributed by atoms with Crippen molar-refractivity contribution in [1.82, 2.24) is 10.2 Å². The predicted octanol–water partition coefficient (Wildman–Crippen LogP) is 3.64. The van der Waals surface area contributed by atoms with Crippen LogP contribution in [0.1, 0.15) is 52.1 Å². The van der Waals surface area contributed by atoms with Crippen LogP contribution in [0.25, 0.3) is 10.8 Å². The van der Waals surface area contributed by atoms with Crippen molar-refractivity contribution in [1.29, 1.82) is 0 Å². The van der Waals surface area contributed by atoms with E-state index in [1.807, 2.05) is 49.4 Å². The molecule has 0 saturated heterocycles. The second-order valence-corrected chi connectivity index (χ2v) is 7.93. The average Bonchev–Trinajstić information content (AvgIpc) is 3.07. The highest BCUT2D eigenvalue weighted by atomic mass is 16.5. The lowest BCUT2D eigenvalue weighted by Crippen LogP contribution is -2.32. The molecule has 1 unspecified atom stereocenters. The molecular formula is C26H24N2O5. The molecule has 33 heavy (non-hydrogen) atoms. The van der Waals surface area contributed by atoms with Crippen LogP contribution in [0.3, 0.4) is 0 Å². The number of hydrogen-bond donors (Lipinski definition) is 1. The zero-order chi connectivity index (χ0) is 23.4. The van der Waals surface area contributed by atoms with Gasteiger partial charge in [-0.1, -0.05) is 54.6 Å². The molecule has 1 aliphatic heterocycles. The molecular weight excluding hydrogens is 420 g/mol. The third-order valence-corrected chi connectivity index (χ3v) is 5.67. The summed E-state index contributed by atoms with van der Waals surface area (Å²) in [6.45, 7) is 1.61. The molecule has 168 valence electrons. The Morgan fingerprint density at radius 2 is 1.55 bits per heavy atom. The van der Waals surface area contributed by atoms with Crippen LogP contribution >= 0.6 is 0 Å². The van der Waals surface area contributed by atoms with Crippen molar-refractivity contribution < 1.29 is 23.9 Å². The molecule has 7 heteroatoms. The average molecular weight is 444 g/mol. The lowest BCUT2D eigenvalue weighted by Gasteiger charge is -2.17. The lowest BCUT2D eigenvalue weighted by molar-refractivity contribution is -0.148. The summed E-state index contributed by atoms with van der Waals surface area (Å²) in [7, 11) is 0. The number of amides is 3. The van der Waals surface area contributed by atoms with Crippen molar-refractivity contribution in [3.63, 3.8) is 0 Å². The van der Waals surface area contributed by atoms with E-state index < -0.39 is 11.9 Å². The Balaban J connectivity index is 1.22. The number of nitrogens with zero attached hydrogens (tertiary/aromatic N) is 1. The summed E-state index contributed by atoms with van der Waals surface area (Å²) in [5.41, 5.74) is 1.73. The van der Waals surface area contributed by atoms with Gasteiger partial charge in [-0.15, -0.1) is 0 Å². The largest absolute Gasteiger partial charge is 0.456 e. The van der Waals surface area contributed by atoms with Gasteiger partial charge in [0.2, 0.25) is 0 Å². The van der Waals surface area contributed by atoms with Crippen LogP contribution in [-0.4, -0.2) is 41.7 Å². The standard InChI is InChI=1S/C26H24N2O5/c1-17(19-13-6-9-18-8-2-3-10-20(18)19)27-23(29)16-33-24(30)14-7-15-28-25(31)21-11-4-5-12-22(21)26(28)32/h2-6,8-13,17H,7,14-16H2,1H3,(H,27,29). The summed E-state index contributed by atoms with van der Waals surface area (Å²) in [6.07, 6.45) is 0.262. The molecule has 1 N–H and O–H groups in total. The molecule has 0 bridgehead atoms. The van der Waals surface area contributed by atoms with Crippen LogP contribution in [0.4, 0.5) is 0 Å². The fraction of sp³-hybridized carbons (Fsp3) is 0.231. The van der Waals surface area contributed by atoms with Gasteiger partial charge in [0, 0.05) is 13.0 Å². The highest BCUT2D eigenvalue weighted by molar-refractivity contribution is 6.21. The molecule has 3 aromatic rings. The van der Waals surface area contributed by atoms with Crippen LogP contribution in [0.5, 0.6) is 0 Å². The Labute approximate surface area is 191 Å². The van der Waals surface area contributed by atoms with Gasteiger partial charge in [-0.05, 0) is 41.8 Å². The molecule has 1 aliphatic rings. The topological polar surface area (TPSA) is 92.8 Å². The zero-order valence-electron chi connectivity index (χ0n) is 18.2. The second kappa shape index (κ2) is 9.65. The summed E-state index contributed by atoms with van der Waals surface area (Å²) in [4.78, 5) is 50.1. The molecule has 3 aromatic carbocycles. The number of carbonyl (C=O) groups excluding carboxylic acids is 4. The number of esters is 1. The summed E-state index contributed by atoms with van der Waals surface area (Å²) in [5.74, 6) is -1.67. The molecule has 0 fully saturated rings. The number of fused-ring (bicyclic) bond motifs is 2. The maximum Gasteiger partial charge on any atom is 0.306 e. The Morgan fingerprint density at radius 1 is 0.909 bits per heavy atom. The highest BCUT2D eigenvalue weighted by Crippen LogP contribution is 2.24. The molecule has 0 spiro atoms. The number of nitrogens with one attached hydrogen (secondary N) is 1. The van der Waals surface area contributed by atoms with Crippen LogP contribution in [0.2, 0.25) is 0 Å². The number of imide groups is 1. The molecule has 7 nitrogen and oxygen atoms in total. The quantitative estimate of drug-likeness (QED) is 0.423. The van der Waals surface area contributed by atoms with E-state index in [0.717, 1.165) is 21.2 Å². The van der Waals surface area contributed by atoms with Crippen LogP contribution in [-0.2, 0) is 14.3 Å². The van der Waals surface area contributed by atoms with E-state index in [1.165, 1.54) is 0 Å². The van der Waals surface area contributed by atoms with E-state index in [9.17, 15) is 19.2 Å². The van der Waals surface area contributed by atoms with E-state index in [4.69, 9.17) is 4.74 Å². The molecule has 1 heterocycles. The van der Waals surface area contributed by atoms with Crippen molar-refractivity contribution in [2.75, 3.05) is 13.2 Å². The monoisotopic (exact) mass is 444 g/mol. The van der Waals surface area contributed by atoms with Crippen molar-refractivity contribution in [3.8, 4) is 0 Å². The highest BCUT2D eigenvalue weighted by Gasteiger charge is 2.34. The third-order valence-electron chi connectivity index (χ3n) is 5.67. The predicted molar refractivity (Wildman–Crippen MR) is 123 cm³/mol. The summed E-state index contributed by atoms with van der Waals surface area (Å²) < 4.78 is 5.07. The van der Waals surface area contributed by atoms with Gasteiger partial charge in [-0.2, -0.15) is 0 Å². The van der Waals surface area contributed by atoms with Crippen molar-refractivity contribution in [2.24, 2.45) is 0 Å². The van der Waals surface area contributed by atoms with Crippen LogP contribution in [0.15, 0.2) is 66.7 Å². The maximum absolute atomic E-state index is 12.3. The summed E-state index contributed by atoms with van der Waals surface area (Å²) in [5, 5.41) is 4.99. The molecule has 1 atom stereocenters. The molecule has 3 amide bonds. The maximum atomic E-state index is 12.3. The van der Waals surface area contributed by atoms with Crippen LogP contribution < -0.4 is 5.32 Å². The molecule has 0 aliphatic carbocycles. The minimum absolute atomic E-state index is 0.000435. The Bertz CT molecular complexity index is 1200. The first-order valence-corrected chi connectivity index (χ1v) is 10.8. The number of benzene rings is 3. The minimum Gasteiger partial charge on any atom is -0.456 e. The van der Waals surface area contributed by atoms with Gasteiger partial charge < -0.3 is 10.1 Å². The van der Waals surface area contributed by atoms with Crippen LogP contribution in [0, 0.1) is 0 Å². The Hall–Kier alpha value is -4.00. The second-order valence-electron chi connectivity index (χ2n) is 7.93. The molecule has 0 saturated carbocycles. The van der Waals surface area contributed by atoms with Gasteiger partial charge in [-0.3, -0.25) is 24.1 Å². The third kappa shape index (κ3) is 4.77. The molecule has 4 rings (SSSR count). The normalized spacial score (nSPS) is 13.7. The van der Waals surface area contributed by atoms with Crippen molar-refractivity contribution in [2.45, 2.75) is 25.8 Å². The van der Waals surface area contributed by atoms with E-state index in [0.29, 0.717) is 11.1 Å². The fourth-order valence-electron chi connectivity index (χ4n) is 4.03. The smallest absolute Gasteiger partial charge is 0.306 e. The number of ether oxygens (including phenoxy) is 1. The first-order valence-electron chi connectivity index (χ1n) is 10.8. The van der Waals surface area contributed by atoms with E-state index in [2.05, 4.69) is 5.32 Å². The van der Waals surface area contributed by atoms with Crippen molar-refractivity contribution in [3.05, 3.63) is 83.4 Å². The number of hydrogen-bond acceptors (Lipinski definition) is 5. The minimum atomic E-state index is -0.556. The van der Waals surface area contributed by atoms with E-state index in [-0.39, 0.29) is 43.8 Å². The van der Waals surface area contributed by atoms with Gasteiger partial charge in [-0.25, -0.2) is 0 Å². The van der Waals surface area contributed by atoms with Gasteiger partial charge >= 0.3 is 5.97 Å². The first-order chi connectivity index (χ1) is 16.0. The van der Waals surface area contributed by atoms with E-state index in [1.54, 1.807) is 24.3 Å². The summed E-state index contributed by atoms with van der Waals surface area (Å²) in [6, 6.07) is 20.2. The van der Waals surface area contributed by atoms with E-state index >= 15 is 0 Å². The van der Waals surface area contributed by atoms with Crippen molar-refractivity contribution >= 4 is 34.5 Å². The fourth-order valence-corrected chi connectivity index (χ4v) is 4.03. The molecule has 0 aromatic heterocycles. The van der Waals surface area contributed by atoms with Gasteiger partial charge in [0.25, 0.3) is 17.7 Å². The molecule has 0 radical (unpaired) electrons. The number of carbonyl (C=O) groups is 4. The summed E-state index contributed by atoms with van der Waals surface area (Å²) >= 11 is 0. The van der Waals surface area contributed by atoms with Gasteiger partial charge in [0.15, 0.2) is 6.61 Å². The SMILES string of the molecule is CC(NC(=O)COC(=O)CCCN1C(=O)c2ccccc2C1=O)c1cccc2ccccc12. The van der Waals surface area contributed by atoms with Gasteiger partial charge in [0.05, 0.1) is 17.2 Å². The first kappa shape index (κ1) is 22.2. The number of rotatable bonds is 8. The zero-order valence-corrected chi connectivity index (χ0v) is 18.2.